The molecule has 0 bridgehead atoms. The fraction of sp³-hybridized carbons (Fsp3) is 0.912. The van der Waals surface area contributed by atoms with Gasteiger partial charge in [-0.1, -0.05) is 263 Å². The summed E-state index contributed by atoms with van der Waals surface area (Å²) < 4.78 is 23.4. The Labute approximate surface area is 411 Å². The number of hydrogen-bond acceptors (Lipinski definition) is 6. The van der Waals surface area contributed by atoms with Gasteiger partial charge < -0.3 is 28.8 Å². The largest absolute Gasteiger partial charge is 0.756 e. The van der Waals surface area contributed by atoms with Crippen molar-refractivity contribution >= 4 is 13.7 Å². The quantitative estimate of drug-likeness (QED) is 0.0272. The summed E-state index contributed by atoms with van der Waals surface area (Å²) in [5.74, 6) is -0.161. The molecule has 0 spiro atoms. The Balaban J connectivity index is 4.15. The van der Waals surface area contributed by atoms with E-state index in [0.717, 1.165) is 51.4 Å². The predicted molar refractivity (Wildman–Crippen MR) is 284 cm³/mol. The average Bonchev–Trinajstić information content (AvgIpc) is 3.28. The van der Waals surface area contributed by atoms with Crippen LogP contribution >= 0.6 is 7.82 Å². The number of likely N-dealkylation sites (N-methyl/N-ethyl adjacent to an activating group) is 1. The Hall–Kier alpha value is -1.02. The number of hydrogen-bond donors (Lipinski definition) is 2. The summed E-state index contributed by atoms with van der Waals surface area (Å²) in [7, 11) is 1.32. The van der Waals surface area contributed by atoms with Crippen LogP contribution in [-0.2, 0) is 18.4 Å². The highest BCUT2D eigenvalue weighted by Gasteiger charge is 2.24. The SMILES string of the molecule is CC/C=C\C/C=C\CCCCCCCCCCCCCCCCC(=O)NC(COP(=O)([O-])OCC[N+](C)(C)C)C(O)CCCCCCCCCCCCCCCCCCCCCCCCC. The Morgan fingerprint density at radius 2 is 0.924 bits per heavy atom. The van der Waals surface area contributed by atoms with Crippen molar-refractivity contribution in [2.24, 2.45) is 0 Å². The van der Waals surface area contributed by atoms with Crippen LogP contribution in [0.4, 0.5) is 0 Å². The molecule has 0 heterocycles. The Kier molecular flexibility index (Phi) is 48.2. The predicted octanol–water partition coefficient (Wildman–Crippen LogP) is 16.6. The molecule has 3 unspecified atom stereocenters. The maximum Gasteiger partial charge on any atom is 0.268 e. The van der Waals surface area contributed by atoms with Gasteiger partial charge in [-0.25, -0.2) is 0 Å². The average molecular weight is 954 g/mol. The lowest BCUT2D eigenvalue weighted by Gasteiger charge is -2.30. The van der Waals surface area contributed by atoms with Gasteiger partial charge in [0.15, 0.2) is 0 Å². The molecule has 66 heavy (non-hydrogen) atoms. The van der Waals surface area contributed by atoms with Gasteiger partial charge in [-0.3, -0.25) is 9.36 Å². The summed E-state index contributed by atoms with van der Waals surface area (Å²) in [6, 6.07) is -0.799. The van der Waals surface area contributed by atoms with Crippen LogP contribution in [-0.4, -0.2) is 68.5 Å². The Morgan fingerprint density at radius 1 is 0.545 bits per heavy atom. The molecular formula is C57H113N2O6P. The maximum atomic E-state index is 13.0. The summed E-state index contributed by atoms with van der Waals surface area (Å²) in [6.07, 6.45) is 60.6. The molecule has 0 aromatic rings. The van der Waals surface area contributed by atoms with Crippen molar-refractivity contribution in [3.63, 3.8) is 0 Å². The van der Waals surface area contributed by atoms with Gasteiger partial charge in [-0.2, -0.15) is 0 Å². The van der Waals surface area contributed by atoms with Crippen LogP contribution in [0.5, 0.6) is 0 Å². The molecule has 0 rings (SSSR count). The van der Waals surface area contributed by atoms with E-state index in [1.807, 2.05) is 21.1 Å². The molecule has 9 heteroatoms. The fourth-order valence-corrected chi connectivity index (χ4v) is 9.45. The zero-order valence-electron chi connectivity index (χ0n) is 44.7. The smallest absolute Gasteiger partial charge is 0.268 e. The van der Waals surface area contributed by atoms with E-state index in [0.29, 0.717) is 23.9 Å². The van der Waals surface area contributed by atoms with Gasteiger partial charge in [-0.05, 0) is 38.5 Å². The van der Waals surface area contributed by atoms with Crippen molar-refractivity contribution in [2.75, 3.05) is 40.9 Å². The number of phosphoric ester groups is 1. The van der Waals surface area contributed by atoms with Crippen LogP contribution in [0, 0.1) is 0 Å². The van der Waals surface area contributed by atoms with E-state index < -0.39 is 20.0 Å². The third kappa shape index (κ3) is 50.8. The molecule has 0 saturated heterocycles. The Morgan fingerprint density at radius 3 is 1.33 bits per heavy atom. The molecule has 0 fully saturated rings. The zero-order valence-corrected chi connectivity index (χ0v) is 45.6. The number of carbonyl (C=O) groups is 1. The number of unbranched alkanes of at least 4 members (excludes halogenated alkanes) is 36. The topological polar surface area (TPSA) is 108 Å². The van der Waals surface area contributed by atoms with Crippen molar-refractivity contribution in [2.45, 2.75) is 296 Å². The third-order valence-corrected chi connectivity index (χ3v) is 14.2. The first-order chi connectivity index (χ1) is 32.0. The number of rotatable bonds is 53. The van der Waals surface area contributed by atoms with E-state index in [-0.39, 0.29) is 19.1 Å². The highest BCUT2D eigenvalue weighted by molar-refractivity contribution is 7.45. The highest BCUT2D eigenvalue weighted by Crippen LogP contribution is 2.38. The second kappa shape index (κ2) is 49.0. The van der Waals surface area contributed by atoms with Gasteiger partial charge in [0.1, 0.15) is 13.2 Å². The molecule has 0 saturated carbocycles. The first-order valence-electron chi connectivity index (χ1n) is 28.7. The van der Waals surface area contributed by atoms with Crippen molar-refractivity contribution in [1.82, 2.24) is 5.32 Å². The number of quaternary nitrogens is 1. The van der Waals surface area contributed by atoms with Gasteiger partial charge in [0, 0.05) is 6.42 Å². The molecular weight excluding hydrogens is 840 g/mol. The van der Waals surface area contributed by atoms with E-state index in [9.17, 15) is 19.4 Å². The molecule has 1 amide bonds. The highest BCUT2D eigenvalue weighted by atomic mass is 31.2. The second-order valence-electron chi connectivity index (χ2n) is 21.0. The van der Waals surface area contributed by atoms with E-state index in [1.165, 1.54) is 205 Å². The van der Waals surface area contributed by atoms with Crippen molar-refractivity contribution in [3.05, 3.63) is 24.3 Å². The van der Waals surface area contributed by atoms with E-state index in [2.05, 4.69) is 43.5 Å². The van der Waals surface area contributed by atoms with Crippen LogP contribution in [0.3, 0.4) is 0 Å². The summed E-state index contributed by atoms with van der Waals surface area (Å²) in [4.78, 5) is 25.5. The van der Waals surface area contributed by atoms with E-state index >= 15 is 0 Å². The Bertz CT molecular complexity index is 1130. The summed E-state index contributed by atoms with van der Waals surface area (Å²) in [6.45, 7) is 4.66. The summed E-state index contributed by atoms with van der Waals surface area (Å²) >= 11 is 0. The van der Waals surface area contributed by atoms with E-state index in [4.69, 9.17) is 9.05 Å². The maximum absolute atomic E-state index is 13.0. The monoisotopic (exact) mass is 953 g/mol. The minimum atomic E-state index is -4.57. The molecule has 2 N–H and O–H groups in total. The van der Waals surface area contributed by atoms with E-state index in [1.54, 1.807) is 0 Å². The van der Waals surface area contributed by atoms with Crippen molar-refractivity contribution in [3.8, 4) is 0 Å². The lowest BCUT2D eigenvalue weighted by molar-refractivity contribution is -0.870. The molecule has 8 nitrogen and oxygen atoms in total. The van der Waals surface area contributed by atoms with Crippen molar-refractivity contribution in [1.29, 1.82) is 0 Å². The van der Waals surface area contributed by atoms with Crippen LogP contribution in [0.1, 0.15) is 284 Å². The van der Waals surface area contributed by atoms with Gasteiger partial charge in [-0.15, -0.1) is 0 Å². The van der Waals surface area contributed by atoms with Crippen LogP contribution in [0.15, 0.2) is 24.3 Å². The van der Waals surface area contributed by atoms with Gasteiger partial charge in [0.05, 0.1) is 39.9 Å². The lowest BCUT2D eigenvalue weighted by Crippen LogP contribution is -2.46. The normalized spacial score (nSPS) is 14.1. The number of phosphoric acid groups is 1. The van der Waals surface area contributed by atoms with Gasteiger partial charge in [0.2, 0.25) is 5.91 Å². The third-order valence-electron chi connectivity index (χ3n) is 13.2. The minimum Gasteiger partial charge on any atom is -0.756 e. The second-order valence-corrected chi connectivity index (χ2v) is 22.4. The molecule has 0 aliphatic carbocycles. The molecule has 0 aliphatic heterocycles. The first kappa shape index (κ1) is 65.0. The zero-order chi connectivity index (χ0) is 48.5. The minimum absolute atomic E-state index is 0.0139. The molecule has 392 valence electrons. The number of aliphatic hydroxyl groups is 1. The first-order valence-corrected chi connectivity index (χ1v) is 30.1. The van der Waals surface area contributed by atoms with Gasteiger partial charge in [0.25, 0.3) is 7.82 Å². The number of carbonyl (C=O) groups excluding carboxylic acids is 1. The fourth-order valence-electron chi connectivity index (χ4n) is 8.73. The number of amides is 1. The number of aliphatic hydroxyl groups excluding tert-OH is 1. The standard InChI is InChI=1S/C57H113N2O6P/c1-6-8-10-12-14-16-18-20-22-24-26-28-29-31-32-34-36-38-40-42-44-46-48-50-56(60)55(54-65-66(62,63)64-53-52-59(3,4)5)58-57(61)51-49-47-45-43-41-39-37-35-33-30-27-25-23-21-19-17-15-13-11-9-7-2/h9,11,15,17,55-56,60H,6-8,10,12-14,16,18-54H2,1-5H3,(H-,58,61,62,63)/b11-9-,17-15-. The van der Waals surface area contributed by atoms with Crippen LogP contribution in [0.2, 0.25) is 0 Å². The molecule has 3 atom stereocenters. The number of nitrogens with zero attached hydrogens (tertiary/aromatic N) is 1. The summed E-state index contributed by atoms with van der Waals surface area (Å²) in [5, 5.41) is 14.0. The molecule has 0 aliphatic rings. The number of nitrogens with one attached hydrogen (secondary N) is 1. The van der Waals surface area contributed by atoms with Crippen LogP contribution in [0.25, 0.3) is 0 Å². The molecule has 0 aromatic carbocycles. The van der Waals surface area contributed by atoms with Crippen molar-refractivity contribution < 1.29 is 32.9 Å². The van der Waals surface area contributed by atoms with Crippen LogP contribution < -0.4 is 10.2 Å². The molecule has 0 radical (unpaired) electrons. The summed E-state index contributed by atoms with van der Waals surface area (Å²) in [5.41, 5.74) is 0. The number of allylic oxidation sites excluding steroid dienone is 4. The molecule has 0 aromatic heterocycles. The lowest BCUT2D eigenvalue weighted by atomic mass is 10.0. The van der Waals surface area contributed by atoms with Gasteiger partial charge >= 0.3 is 0 Å².